The number of rotatable bonds is 7. The van der Waals surface area contributed by atoms with E-state index in [0.717, 1.165) is 22.7 Å². The number of hydrogen-bond acceptors (Lipinski definition) is 3. The zero-order chi connectivity index (χ0) is 19.2. The Morgan fingerprint density at radius 3 is 2.44 bits per heavy atom. The Morgan fingerprint density at radius 1 is 1.11 bits per heavy atom. The fourth-order valence-corrected chi connectivity index (χ4v) is 2.86. The van der Waals surface area contributed by atoms with Gasteiger partial charge in [-0.2, -0.15) is 5.10 Å². The summed E-state index contributed by atoms with van der Waals surface area (Å²) in [6.07, 6.45) is 0. The van der Waals surface area contributed by atoms with Crippen molar-refractivity contribution in [2.75, 3.05) is 6.61 Å². The molecule has 0 radical (unpaired) electrons. The third-order valence-electron chi connectivity index (χ3n) is 4.27. The zero-order valence-corrected chi connectivity index (χ0v) is 16.0. The van der Waals surface area contributed by atoms with Gasteiger partial charge in [-0.15, -0.1) is 0 Å². The largest absolute Gasteiger partial charge is 0.491 e. The molecule has 0 aliphatic heterocycles. The fraction of sp³-hybridized carbons (Fsp3) is 0.273. The van der Waals surface area contributed by atoms with Crippen LogP contribution in [0, 0.1) is 13.8 Å². The maximum absolute atomic E-state index is 12.4. The number of nitrogens with one attached hydrogen (secondary N) is 1. The third-order valence-corrected chi connectivity index (χ3v) is 4.27. The second-order valence-electron chi connectivity index (χ2n) is 6.78. The summed E-state index contributed by atoms with van der Waals surface area (Å²) in [6, 6.07) is 19.2. The molecule has 0 bridgehead atoms. The van der Waals surface area contributed by atoms with Gasteiger partial charge in [-0.3, -0.25) is 9.48 Å². The number of carbonyl (C=O) groups excluding carboxylic acids is 1. The highest BCUT2D eigenvalue weighted by Crippen LogP contribution is 2.11. The molecule has 3 aromatic rings. The van der Waals surface area contributed by atoms with Crippen LogP contribution in [0.3, 0.4) is 0 Å². The normalized spacial score (nSPS) is 11.8. The number of para-hydroxylation sites is 1. The minimum absolute atomic E-state index is 0.0907. The number of amides is 1. The van der Waals surface area contributed by atoms with Gasteiger partial charge in [0, 0.05) is 11.3 Å². The van der Waals surface area contributed by atoms with Gasteiger partial charge >= 0.3 is 0 Å². The Balaban J connectivity index is 1.53. The maximum Gasteiger partial charge on any atom is 0.251 e. The average molecular weight is 363 g/mol. The molecule has 0 aliphatic rings. The number of hydrogen-bond donors (Lipinski definition) is 1. The van der Waals surface area contributed by atoms with Crippen LogP contribution in [0.5, 0.6) is 5.75 Å². The van der Waals surface area contributed by atoms with Crippen molar-refractivity contribution >= 4 is 5.91 Å². The molecule has 27 heavy (non-hydrogen) atoms. The van der Waals surface area contributed by atoms with Crippen molar-refractivity contribution < 1.29 is 9.53 Å². The molecule has 0 aliphatic carbocycles. The fourth-order valence-electron chi connectivity index (χ4n) is 2.86. The predicted octanol–water partition coefficient (Wildman–Crippen LogP) is 3.75. The van der Waals surface area contributed by atoms with Gasteiger partial charge in [-0.25, -0.2) is 0 Å². The summed E-state index contributed by atoms with van der Waals surface area (Å²) in [5.74, 6) is 0.698. The lowest BCUT2D eigenvalue weighted by Crippen LogP contribution is -2.36. The van der Waals surface area contributed by atoms with Gasteiger partial charge in [0.05, 0.1) is 18.3 Å². The molecule has 0 saturated heterocycles. The molecule has 3 rings (SSSR count). The van der Waals surface area contributed by atoms with E-state index < -0.39 is 0 Å². The summed E-state index contributed by atoms with van der Waals surface area (Å²) in [5, 5.41) is 7.44. The van der Waals surface area contributed by atoms with E-state index in [1.807, 2.05) is 80.1 Å². The van der Waals surface area contributed by atoms with Crippen molar-refractivity contribution in [2.24, 2.45) is 0 Å². The number of ether oxygens (including phenoxy) is 1. The summed E-state index contributed by atoms with van der Waals surface area (Å²) in [7, 11) is 0. The molecule has 5 nitrogen and oxygen atoms in total. The van der Waals surface area contributed by atoms with Gasteiger partial charge in [-0.1, -0.05) is 30.3 Å². The highest BCUT2D eigenvalue weighted by Gasteiger charge is 2.11. The van der Waals surface area contributed by atoms with Gasteiger partial charge in [0.15, 0.2) is 0 Å². The SMILES string of the molecule is Cc1cc(C)n(Cc2ccc(C(=O)NC(C)COc3ccccc3)cc2)n1. The van der Waals surface area contributed by atoms with Crippen LogP contribution >= 0.6 is 0 Å². The summed E-state index contributed by atoms with van der Waals surface area (Å²) in [4.78, 5) is 12.4. The average Bonchev–Trinajstić information content (AvgIpc) is 2.98. The summed E-state index contributed by atoms with van der Waals surface area (Å²) in [6.45, 7) is 7.08. The first-order chi connectivity index (χ1) is 13.0. The molecule has 0 fully saturated rings. The van der Waals surface area contributed by atoms with Gasteiger partial charge in [0.2, 0.25) is 0 Å². The third kappa shape index (κ3) is 5.20. The van der Waals surface area contributed by atoms with Crippen LogP contribution in [0.15, 0.2) is 60.7 Å². The van der Waals surface area contributed by atoms with E-state index in [4.69, 9.17) is 4.74 Å². The summed E-state index contributed by atoms with van der Waals surface area (Å²) >= 11 is 0. The van der Waals surface area contributed by atoms with E-state index in [0.29, 0.717) is 18.7 Å². The van der Waals surface area contributed by atoms with Crippen LogP contribution in [-0.2, 0) is 6.54 Å². The molecule has 140 valence electrons. The predicted molar refractivity (Wildman–Crippen MR) is 106 cm³/mol. The highest BCUT2D eigenvalue weighted by atomic mass is 16.5. The van der Waals surface area contributed by atoms with Crippen molar-refractivity contribution in [2.45, 2.75) is 33.4 Å². The van der Waals surface area contributed by atoms with Crippen molar-refractivity contribution in [3.8, 4) is 5.75 Å². The van der Waals surface area contributed by atoms with Gasteiger partial charge in [-0.05, 0) is 56.7 Å². The molecule has 1 aromatic heterocycles. The first-order valence-electron chi connectivity index (χ1n) is 9.10. The lowest BCUT2D eigenvalue weighted by atomic mass is 10.1. The Kier molecular flexibility index (Phi) is 5.91. The molecular formula is C22H25N3O2. The Bertz CT molecular complexity index is 886. The zero-order valence-electron chi connectivity index (χ0n) is 16.0. The molecule has 2 aromatic carbocycles. The summed E-state index contributed by atoms with van der Waals surface area (Å²) < 4.78 is 7.64. The van der Waals surface area contributed by atoms with Gasteiger partial charge in [0.25, 0.3) is 5.91 Å². The van der Waals surface area contributed by atoms with E-state index in [1.54, 1.807) is 0 Å². The monoisotopic (exact) mass is 363 g/mol. The Morgan fingerprint density at radius 2 is 1.81 bits per heavy atom. The quantitative estimate of drug-likeness (QED) is 0.696. The molecule has 1 N–H and O–H groups in total. The molecule has 1 amide bonds. The molecule has 1 atom stereocenters. The number of carbonyl (C=O) groups is 1. The van der Waals surface area contributed by atoms with E-state index in [-0.39, 0.29) is 11.9 Å². The molecule has 0 spiro atoms. The second kappa shape index (κ2) is 8.54. The van der Waals surface area contributed by atoms with E-state index in [9.17, 15) is 4.79 Å². The van der Waals surface area contributed by atoms with Gasteiger partial charge < -0.3 is 10.1 Å². The van der Waals surface area contributed by atoms with E-state index in [1.165, 1.54) is 0 Å². The topological polar surface area (TPSA) is 56.2 Å². The number of aryl methyl sites for hydroxylation is 2. The lowest BCUT2D eigenvalue weighted by Gasteiger charge is -2.15. The smallest absolute Gasteiger partial charge is 0.251 e. The van der Waals surface area contributed by atoms with Crippen LogP contribution in [0.2, 0.25) is 0 Å². The lowest BCUT2D eigenvalue weighted by molar-refractivity contribution is 0.0926. The second-order valence-corrected chi connectivity index (χ2v) is 6.78. The van der Waals surface area contributed by atoms with Crippen molar-refractivity contribution in [1.82, 2.24) is 15.1 Å². The Labute approximate surface area is 160 Å². The first kappa shape index (κ1) is 18.7. The molecule has 0 saturated carbocycles. The molecule has 1 heterocycles. The molecule has 1 unspecified atom stereocenters. The maximum atomic E-state index is 12.4. The molecular weight excluding hydrogens is 338 g/mol. The van der Waals surface area contributed by atoms with Gasteiger partial charge in [0.1, 0.15) is 12.4 Å². The minimum atomic E-state index is -0.100. The van der Waals surface area contributed by atoms with E-state index in [2.05, 4.69) is 16.5 Å². The Hall–Kier alpha value is -3.08. The standard InChI is InChI=1S/C22H25N3O2/c1-16-13-18(3)25(24-16)14-19-9-11-20(12-10-19)22(26)23-17(2)15-27-21-7-5-4-6-8-21/h4-13,17H,14-15H2,1-3H3,(H,23,26). The first-order valence-corrected chi connectivity index (χ1v) is 9.10. The van der Waals surface area contributed by atoms with Crippen LogP contribution in [0.25, 0.3) is 0 Å². The van der Waals surface area contributed by atoms with Crippen molar-refractivity contribution in [3.63, 3.8) is 0 Å². The molecule has 5 heteroatoms. The van der Waals surface area contributed by atoms with Crippen molar-refractivity contribution in [1.29, 1.82) is 0 Å². The van der Waals surface area contributed by atoms with Crippen LogP contribution < -0.4 is 10.1 Å². The number of nitrogens with zero attached hydrogens (tertiary/aromatic N) is 2. The van der Waals surface area contributed by atoms with Crippen molar-refractivity contribution in [3.05, 3.63) is 83.2 Å². The van der Waals surface area contributed by atoms with Crippen LogP contribution in [0.1, 0.15) is 34.2 Å². The van der Waals surface area contributed by atoms with Crippen LogP contribution in [0.4, 0.5) is 0 Å². The van der Waals surface area contributed by atoms with Crippen LogP contribution in [-0.4, -0.2) is 28.3 Å². The highest BCUT2D eigenvalue weighted by molar-refractivity contribution is 5.94. The minimum Gasteiger partial charge on any atom is -0.491 e. The summed E-state index contributed by atoms with van der Waals surface area (Å²) in [5.41, 5.74) is 3.88. The number of aromatic nitrogens is 2. The number of benzene rings is 2. The van der Waals surface area contributed by atoms with E-state index >= 15 is 0 Å².